The lowest BCUT2D eigenvalue weighted by Gasteiger charge is -2.30. The second-order valence-corrected chi connectivity index (χ2v) is 11.4. The van der Waals surface area contributed by atoms with Crippen LogP contribution in [-0.4, -0.2) is 42.2 Å². The molecule has 8 heteroatoms. The number of rotatable bonds is 13. The summed E-state index contributed by atoms with van der Waals surface area (Å²) in [6, 6.07) is 30.8. The third-order valence-corrected chi connectivity index (χ3v) is 8.09. The number of nitrogens with one attached hydrogen (secondary N) is 1. The molecule has 2 N–H and O–H groups in total. The number of aliphatic imine (C=N–C) groups is 1. The molecular weight excluding hydrogens is 595 g/mol. The van der Waals surface area contributed by atoms with Gasteiger partial charge in [-0.3, -0.25) is 4.79 Å². The molecule has 1 aliphatic rings. The SMILES string of the molecule is C=CC[C@@]1(C(=O)NCCc2ccc(Cl)cc2Cl)N=C(c2ccc(OCCCO)cc2)O[C@@H]1c1ccc(-c2ccccc2)cc1. The van der Waals surface area contributed by atoms with Crippen LogP contribution in [0.4, 0.5) is 0 Å². The zero-order chi connectivity index (χ0) is 30.9. The van der Waals surface area contributed by atoms with Gasteiger partial charge in [0.15, 0.2) is 11.6 Å². The zero-order valence-electron chi connectivity index (χ0n) is 24.2. The molecule has 4 aromatic carbocycles. The molecule has 0 unspecified atom stereocenters. The van der Waals surface area contributed by atoms with Crippen molar-refractivity contribution in [2.24, 2.45) is 4.99 Å². The maximum Gasteiger partial charge on any atom is 0.252 e. The van der Waals surface area contributed by atoms with Gasteiger partial charge in [-0.1, -0.05) is 89.9 Å². The highest BCUT2D eigenvalue weighted by atomic mass is 35.5. The summed E-state index contributed by atoms with van der Waals surface area (Å²) < 4.78 is 12.2. The summed E-state index contributed by atoms with van der Waals surface area (Å²) >= 11 is 12.4. The maximum atomic E-state index is 14.1. The number of carbonyl (C=O) groups excluding carboxylic acids is 1. The molecule has 6 nitrogen and oxygen atoms in total. The van der Waals surface area contributed by atoms with E-state index in [0.717, 1.165) is 27.8 Å². The lowest BCUT2D eigenvalue weighted by atomic mass is 9.84. The van der Waals surface area contributed by atoms with E-state index in [0.29, 0.717) is 47.7 Å². The van der Waals surface area contributed by atoms with Crippen LogP contribution in [0.2, 0.25) is 10.0 Å². The molecule has 0 aromatic heterocycles. The van der Waals surface area contributed by atoms with Gasteiger partial charge in [0, 0.05) is 41.6 Å². The van der Waals surface area contributed by atoms with Crippen LogP contribution in [-0.2, 0) is 16.0 Å². The number of hydrogen-bond acceptors (Lipinski definition) is 5. The molecule has 0 bridgehead atoms. The summed E-state index contributed by atoms with van der Waals surface area (Å²) in [5, 5.41) is 13.2. The molecule has 5 rings (SSSR count). The topological polar surface area (TPSA) is 80.2 Å². The molecule has 0 radical (unpaired) electrons. The van der Waals surface area contributed by atoms with Gasteiger partial charge in [-0.25, -0.2) is 4.99 Å². The Morgan fingerprint density at radius 3 is 2.36 bits per heavy atom. The number of hydrogen-bond donors (Lipinski definition) is 2. The van der Waals surface area contributed by atoms with E-state index in [-0.39, 0.29) is 18.9 Å². The van der Waals surface area contributed by atoms with Crippen LogP contribution in [0, 0.1) is 0 Å². The van der Waals surface area contributed by atoms with E-state index in [9.17, 15) is 4.79 Å². The van der Waals surface area contributed by atoms with Crippen molar-refractivity contribution < 1.29 is 19.4 Å². The van der Waals surface area contributed by atoms with Gasteiger partial charge in [-0.05, 0) is 65.1 Å². The number of ether oxygens (including phenoxy) is 2. The van der Waals surface area contributed by atoms with Crippen molar-refractivity contribution in [1.29, 1.82) is 0 Å². The Balaban J connectivity index is 1.44. The first-order valence-corrected chi connectivity index (χ1v) is 15.3. The first-order valence-electron chi connectivity index (χ1n) is 14.5. The number of aliphatic hydroxyl groups excluding tert-OH is 1. The van der Waals surface area contributed by atoms with Gasteiger partial charge in [-0.2, -0.15) is 0 Å². The van der Waals surface area contributed by atoms with E-state index < -0.39 is 11.6 Å². The van der Waals surface area contributed by atoms with Gasteiger partial charge >= 0.3 is 0 Å². The number of amides is 1. The van der Waals surface area contributed by atoms with Gasteiger partial charge in [0.25, 0.3) is 5.91 Å². The molecule has 1 aliphatic heterocycles. The van der Waals surface area contributed by atoms with Crippen molar-refractivity contribution in [3.63, 3.8) is 0 Å². The van der Waals surface area contributed by atoms with Crippen molar-refractivity contribution in [3.8, 4) is 16.9 Å². The maximum absolute atomic E-state index is 14.1. The summed E-state index contributed by atoms with van der Waals surface area (Å²) in [5.41, 5.74) is 3.30. The van der Waals surface area contributed by atoms with E-state index in [1.807, 2.05) is 72.8 Å². The largest absolute Gasteiger partial charge is 0.494 e. The number of nitrogens with zero attached hydrogens (tertiary/aromatic N) is 1. The monoisotopic (exact) mass is 628 g/mol. The summed E-state index contributed by atoms with van der Waals surface area (Å²) in [6.07, 6.45) is 2.34. The number of benzene rings is 4. The molecule has 0 aliphatic carbocycles. The Labute approximate surface area is 268 Å². The average Bonchev–Trinajstić information content (AvgIpc) is 3.44. The normalized spacial score (nSPS) is 17.4. The van der Waals surface area contributed by atoms with E-state index in [1.165, 1.54) is 0 Å². The van der Waals surface area contributed by atoms with E-state index in [1.54, 1.807) is 18.2 Å². The van der Waals surface area contributed by atoms with Crippen LogP contribution < -0.4 is 10.1 Å². The fraction of sp³-hybridized carbons (Fsp3) is 0.222. The van der Waals surface area contributed by atoms with Crippen molar-refractivity contribution in [3.05, 3.63) is 136 Å². The molecule has 0 saturated carbocycles. The van der Waals surface area contributed by atoms with Crippen molar-refractivity contribution in [2.45, 2.75) is 30.9 Å². The summed E-state index contributed by atoms with van der Waals surface area (Å²) in [6.45, 7) is 4.79. The van der Waals surface area contributed by atoms with Crippen LogP contribution in [0.15, 0.2) is 115 Å². The van der Waals surface area contributed by atoms with Crippen molar-refractivity contribution >= 4 is 35.0 Å². The van der Waals surface area contributed by atoms with Crippen molar-refractivity contribution in [1.82, 2.24) is 5.32 Å². The van der Waals surface area contributed by atoms with E-state index in [4.69, 9.17) is 42.8 Å². The Hall–Kier alpha value is -4.10. The summed E-state index contributed by atoms with van der Waals surface area (Å²) in [5.74, 6) is 0.769. The molecule has 1 amide bonds. The first-order chi connectivity index (χ1) is 21.4. The van der Waals surface area contributed by atoms with Crippen molar-refractivity contribution in [2.75, 3.05) is 19.8 Å². The van der Waals surface area contributed by atoms with E-state index in [2.05, 4.69) is 24.0 Å². The van der Waals surface area contributed by atoms with Gasteiger partial charge < -0.3 is 19.9 Å². The smallest absolute Gasteiger partial charge is 0.252 e. The van der Waals surface area contributed by atoms with E-state index >= 15 is 0 Å². The van der Waals surface area contributed by atoms with Gasteiger partial charge in [-0.15, -0.1) is 6.58 Å². The van der Waals surface area contributed by atoms with Crippen LogP contribution in [0.3, 0.4) is 0 Å². The average molecular weight is 630 g/mol. The van der Waals surface area contributed by atoms with Crippen LogP contribution in [0.5, 0.6) is 5.75 Å². The minimum absolute atomic E-state index is 0.0661. The summed E-state index contributed by atoms with van der Waals surface area (Å²) in [4.78, 5) is 19.1. The lowest BCUT2D eigenvalue weighted by Crippen LogP contribution is -2.48. The molecule has 0 saturated heterocycles. The predicted octanol–water partition coefficient (Wildman–Crippen LogP) is 7.61. The first kappa shape index (κ1) is 31.3. The number of halogens is 2. The van der Waals surface area contributed by atoms with Crippen LogP contribution >= 0.6 is 23.2 Å². The summed E-state index contributed by atoms with van der Waals surface area (Å²) in [7, 11) is 0. The molecule has 0 fully saturated rings. The van der Waals surface area contributed by atoms with Crippen LogP contribution in [0.1, 0.15) is 35.6 Å². The highest BCUT2D eigenvalue weighted by Gasteiger charge is 2.52. The number of carbonyl (C=O) groups is 1. The third kappa shape index (κ3) is 7.16. The fourth-order valence-corrected chi connectivity index (χ4v) is 5.71. The molecule has 0 spiro atoms. The second kappa shape index (κ2) is 14.6. The van der Waals surface area contributed by atoms with Gasteiger partial charge in [0.1, 0.15) is 5.75 Å². The Kier molecular flexibility index (Phi) is 10.4. The standard InChI is InChI=1S/C36H34Cl2N2O4/c1-2-20-36(35(42)39-21-19-27-13-16-30(37)24-32(27)38)33(28-11-9-26(10-12-28)25-7-4-3-5-8-25)44-34(40-36)29-14-17-31(18-15-29)43-23-6-22-41/h2-5,7-18,24,33,41H,1,6,19-23H2,(H,39,42)/t33-,36-/m1/s1. The van der Waals surface area contributed by atoms with Gasteiger partial charge in [0.2, 0.25) is 5.90 Å². The van der Waals surface area contributed by atoms with Crippen LogP contribution in [0.25, 0.3) is 11.1 Å². The Morgan fingerprint density at radius 1 is 0.977 bits per heavy atom. The quantitative estimate of drug-likeness (QED) is 0.118. The Bertz CT molecular complexity index is 1610. The minimum Gasteiger partial charge on any atom is -0.494 e. The fourth-order valence-electron chi connectivity index (χ4n) is 5.20. The second-order valence-electron chi connectivity index (χ2n) is 10.5. The highest BCUT2D eigenvalue weighted by molar-refractivity contribution is 6.35. The molecule has 2 atom stereocenters. The zero-order valence-corrected chi connectivity index (χ0v) is 25.7. The minimum atomic E-state index is -1.29. The van der Waals surface area contributed by atoms with Gasteiger partial charge in [0.05, 0.1) is 6.61 Å². The third-order valence-electron chi connectivity index (χ3n) is 7.50. The highest BCUT2D eigenvalue weighted by Crippen LogP contribution is 2.43. The molecule has 4 aromatic rings. The number of aliphatic hydroxyl groups is 1. The Morgan fingerprint density at radius 2 is 1.68 bits per heavy atom. The lowest BCUT2D eigenvalue weighted by molar-refractivity contribution is -0.128. The molecule has 44 heavy (non-hydrogen) atoms. The molecule has 226 valence electrons. The molecular formula is C36H34Cl2N2O4. The molecule has 1 heterocycles. The predicted molar refractivity (Wildman–Crippen MR) is 177 cm³/mol.